The molecule has 0 atom stereocenters. The highest BCUT2D eigenvalue weighted by Crippen LogP contribution is 2.15. The Hall–Kier alpha value is -1.06. The Morgan fingerprint density at radius 1 is 1.33 bits per heavy atom. The monoisotopic (exact) mass is 225 g/mol. The van der Waals surface area contributed by atoms with Crippen LogP contribution >= 0.6 is 0 Å². The van der Waals surface area contributed by atoms with Crippen LogP contribution in [0.5, 0.6) is 0 Å². The zero-order chi connectivity index (χ0) is 9.97. The van der Waals surface area contributed by atoms with Gasteiger partial charge >= 0.3 is 0 Å². The van der Waals surface area contributed by atoms with Crippen LogP contribution in [0.4, 0.5) is 0 Å². The largest absolute Gasteiger partial charge is 1.00 e. The first-order valence-corrected chi connectivity index (χ1v) is 4.80. The molecule has 1 aromatic heterocycles. The smallest absolute Gasteiger partial charge is 0.124 e. The lowest BCUT2D eigenvalue weighted by molar-refractivity contribution is -0.00000352. The van der Waals surface area contributed by atoms with Crippen molar-refractivity contribution < 1.29 is 17.1 Å². The number of aryl methyl sites for hydroxylation is 1. The normalized spacial score (nSPS) is 10.3. The molecule has 0 radical (unpaired) electrons. The molecule has 0 saturated carbocycles. The second-order valence-corrected chi connectivity index (χ2v) is 3.22. The van der Waals surface area contributed by atoms with Gasteiger partial charge in [0.15, 0.2) is 0 Å². The van der Waals surface area contributed by atoms with E-state index in [0.29, 0.717) is 6.73 Å². The summed E-state index contributed by atoms with van der Waals surface area (Å²) in [6, 6.07) is 8.13. The predicted octanol–water partition coefficient (Wildman–Crippen LogP) is -0.793. The summed E-state index contributed by atoms with van der Waals surface area (Å²) in [5, 5.41) is 0. The lowest BCUT2D eigenvalue weighted by atomic mass is 10.3. The van der Waals surface area contributed by atoms with Crippen molar-refractivity contribution in [1.29, 1.82) is 0 Å². The Bertz CT molecular complexity index is 439. The summed E-state index contributed by atoms with van der Waals surface area (Å²) >= 11 is 0. The van der Waals surface area contributed by atoms with E-state index in [1.54, 1.807) is 7.11 Å². The molecule has 0 bridgehead atoms. The van der Waals surface area contributed by atoms with Crippen LogP contribution in [0, 0.1) is 0 Å². The SMILES string of the molecule is CCc1nc2ccccc2n1COC.[Cl-]. The molecule has 82 valence electrons. The van der Waals surface area contributed by atoms with Crippen molar-refractivity contribution in [1.82, 2.24) is 9.55 Å². The van der Waals surface area contributed by atoms with Gasteiger partial charge in [-0.05, 0) is 12.1 Å². The molecule has 1 heterocycles. The maximum absolute atomic E-state index is 5.16. The van der Waals surface area contributed by atoms with Gasteiger partial charge in [0.25, 0.3) is 0 Å². The van der Waals surface area contributed by atoms with E-state index in [-0.39, 0.29) is 12.4 Å². The number of fused-ring (bicyclic) bond motifs is 1. The Labute approximate surface area is 95.5 Å². The van der Waals surface area contributed by atoms with E-state index >= 15 is 0 Å². The van der Waals surface area contributed by atoms with E-state index in [0.717, 1.165) is 23.3 Å². The van der Waals surface area contributed by atoms with Crippen LogP contribution in [-0.2, 0) is 17.9 Å². The second kappa shape index (κ2) is 5.14. The fourth-order valence-electron chi connectivity index (χ4n) is 1.67. The van der Waals surface area contributed by atoms with Crippen molar-refractivity contribution in [3.63, 3.8) is 0 Å². The van der Waals surface area contributed by atoms with Crippen molar-refractivity contribution in [2.45, 2.75) is 20.1 Å². The quantitative estimate of drug-likeness (QED) is 0.685. The van der Waals surface area contributed by atoms with Crippen LogP contribution in [-0.4, -0.2) is 16.7 Å². The summed E-state index contributed by atoms with van der Waals surface area (Å²) < 4.78 is 7.27. The number of hydrogen-bond donors (Lipinski definition) is 0. The Morgan fingerprint density at radius 3 is 2.73 bits per heavy atom. The average molecular weight is 226 g/mol. The van der Waals surface area contributed by atoms with Crippen LogP contribution < -0.4 is 12.4 Å². The van der Waals surface area contributed by atoms with Gasteiger partial charge in [0, 0.05) is 13.5 Å². The van der Waals surface area contributed by atoms with Gasteiger partial charge in [0.1, 0.15) is 12.6 Å². The highest BCUT2D eigenvalue weighted by atomic mass is 35.5. The van der Waals surface area contributed by atoms with Crippen LogP contribution in [0.25, 0.3) is 11.0 Å². The molecule has 0 aliphatic rings. The molecular weight excluding hydrogens is 212 g/mol. The van der Waals surface area contributed by atoms with E-state index < -0.39 is 0 Å². The Kier molecular flexibility index (Phi) is 4.12. The fourth-order valence-corrected chi connectivity index (χ4v) is 1.67. The van der Waals surface area contributed by atoms with Crippen molar-refractivity contribution >= 4 is 11.0 Å². The van der Waals surface area contributed by atoms with Crippen LogP contribution in [0.3, 0.4) is 0 Å². The van der Waals surface area contributed by atoms with Crippen LogP contribution in [0.2, 0.25) is 0 Å². The number of hydrogen-bond acceptors (Lipinski definition) is 2. The third-order valence-corrected chi connectivity index (χ3v) is 2.31. The zero-order valence-electron chi connectivity index (χ0n) is 8.90. The van der Waals surface area contributed by atoms with Gasteiger partial charge < -0.3 is 21.7 Å². The summed E-state index contributed by atoms with van der Waals surface area (Å²) in [6.45, 7) is 2.68. The van der Waals surface area contributed by atoms with E-state index in [9.17, 15) is 0 Å². The summed E-state index contributed by atoms with van der Waals surface area (Å²) in [7, 11) is 1.70. The molecule has 1 aromatic carbocycles. The van der Waals surface area contributed by atoms with Crippen molar-refractivity contribution in [2.24, 2.45) is 0 Å². The third-order valence-electron chi connectivity index (χ3n) is 2.31. The highest BCUT2D eigenvalue weighted by molar-refractivity contribution is 5.75. The first kappa shape index (κ1) is 12.0. The molecule has 0 amide bonds. The highest BCUT2D eigenvalue weighted by Gasteiger charge is 2.07. The lowest BCUT2D eigenvalue weighted by Gasteiger charge is -2.05. The van der Waals surface area contributed by atoms with Crippen LogP contribution in [0.15, 0.2) is 24.3 Å². The zero-order valence-corrected chi connectivity index (χ0v) is 9.66. The second-order valence-electron chi connectivity index (χ2n) is 3.22. The molecule has 3 nitrogen and oxygen atoms in total. The summed E-state index contributed by atoms with van der Waals surface area (Å²) in [5.41, 5.74) is 2.19. The maximum Gasteiger partial charge on any atom is 0.124 e. The molecule has 0 saturated heterocycles. The molecule has 15 heavy (non-hydrogen) atoms. The minimum atomic E-state index is 0. The number of ether oxygens (including phenoxy) is 1. The van der Waals surface area contributed by atoms with E-state index in [4.69, 9.17) is 4.74 Å². The van der Waals surface area contributed by atoms with Gasteiger partial charge in [-0.15, -0.1) is 0 Å². The summed E-state index contributed by atoms with van der Waals surface area (Å²) in [5.74, 6) is 1.08. The molecule has 0 N–H and O–H groups in total. The minimum Gasteiger partial charge on any atom is -1.00 e. The Balaban J connectivity index is 0.00000112. The summed E-state index contributed by atoms with van der Waals surface area (Å²) in [6.07, 6.45) is 0.929. The van der Waals surface area contributed by atoms with Crippen LogP contribution in [0.1, 0.15) is 12.7 Å². The topological polar surface area (TPSA) is 27.1 Å². The molecule has 0 unspecified atom stereocenters. The molecule has 0 aliphatic carbocycles. The number of imidazole rings is 1. The van der Waals surface area contributed by atoms with Gasteiger partial charge in [0.05, 0.1) is 11.0 Å². The Morgan fingerprint density at radius 2 is 2.07 bits per heavy atom. The minimum absolute atomic E-state index is 0. The van der Waals surface area contributed by atoms with Gasteiger partial charge in [-0.3, -0.25) is 0 Å². The molecule has 2 rings (SSSR count). The number of benzene rings is 1. The van der Waals surface area contributed by atoms with Gasteiger partial charge in [-0.25, -0.2) is 4.98 Å². The maximum atomic E-state index is 5.16. The number of nitrogens with zero attached hydrogens (tertiary/aromatic N) is 2. The molecule has 2 aromatic rings. The molecule has 0 aliphatic heterocycles. The molecule has 0 spiro atoms. The molecule has 4 heteroatoms. The predicted molar refractivity (Wildman–Crippen MR) is 56.1 cm³/mol. The van der Waals surface area contributed by atoms with Crippen molar-refractivity contribution in [2.75, 3.05) is 7.11 Å². The van der Waals surface area contributed by atoms with Gasteiger partial charge in [0.2, 0.25) is 0 Å². The fraction of sp³-hybridized carbons (Fsp3) is 0.364. The number of methoxy groups -OCH3 is 1. The van der Waals surface area contributed by atoms with Crippen molar-refractivity contribution in [3.05, 3.63) is 30.1 Å². The first-order chi connectivity index (χ1) is 6.86. The number of aromatic nitrogens is 2. The van der Waals surface area contributed by atoms with Gasteiger partial charge in [-0.2, -0.15) is 0 Å². The van der Waals surface area contributed by atoms with E-state index in [1.165, 1.54) is 0 Å². The summed E-state index contributed by atoms with van der Waals surface area (Å²) in [4.78, 5) is 4.53. The van der Waals surface area contributed by atoms with Gasteiger partial charge in [-0.1, -0.05) is 19.1 Å². The lowest BCUT2D eigenvalue weighted by Crippen LogP contribution is -3.00. The van der Waals surface area contributed by atoms with Crippen molar-refractivity contribution in [3.8, 4) is 0 Å². The number of halogens is 1. The molecular formula is C11H14ClN2O-. The number of rotatable bonds is 3. The average Bonchev–Trinajstić information content (AvgIpc) is 2.58. The van der Waals surface area contributed by atoms with E-state index in [1.807, 2.05) is 18.2 Å². The van der Waals surface area contributed by atoms with E-state index in [2.05, 4.69) is 22.5 Å². The number of para-hydroxylation sites is 2. The third kappa shape index (κ3) is 2.13. The standard InChI is InChI=1S/C11H14N2O.ClH/c1-3-11-12-9-6-4-5-7-10(9)13(11)8-14-2;/h4-7H,3,8H2,1-2H3;1H/p-1. The first-order valence-electron chi connectivity index (χ1n) is 4.80. The molecule has 0 fully saturated rings.